The van der Waals surface area contributed by atoms with E-state index >= 15 is 0 Å². The van der Waals surface area contributed by atoms with Crippen LogP contribution in [0, 0.1) is 23.6 Å². The first-order chi connectivity index (χ1) is 15.2. The third-order valence-electron chi connectivity index (χ3n) is 5.92. The molecule has 1 aliphatic heterocycles. The van der Waals surface area contributed by atoms with Gasteiger partial charge in [-0.15, -0.1) is 0 Å². The van der Waals surface area contributed by atoms with E-state index in [1.165, 1.54) is 34.9 Å². The number of hydrogen-bond acceptors (Lipinski definition) is 4. The van der Waals surface area contributed by atoms with Gasteiger partial charge >= 0.3 is 0 Å². The number of hydrogen-bond donors (Lipinski definition) is 1. The molecule has 0 bridgehead atoms. The molecule has 2 aromatic carbocycles. The highest BCUT2D eigenvalue weighted by Gasteiger charge is 2.71. The van der Waals surface area contributed by atoms with Crippen LogP contribution in [0.2, 0.25) is 0 Å². The van der Waals surface area contributed by atoms with E-state index < -0.39 is 21.9 Å². The molecule has 2 N–H and O–H groups in total. The van der Waals surface area contributed by atoms with Gasteiger partial charge in [-0.1, -0.05) is 41.9 Å². The number of carbonyl (C=O) groups excluding carboxylic acids is 1. The van der Waals surface area contributed by atoms with Crippen LogP contribution in [0.5, 0.6) is 0 Å². The van der Waals surface area contributed by atoms with Crippen molar-refractivity contribution in [1.29, 1.82) is 0 Å². The second kappa shape index (κ2) is 8.10. The van der Waals surface area contributed by atoms with Gasteiger partial charge in [0, 0.05) is 31.1 Å². The first-order valence-corrected chi connectivity index (χ1v) is 11.0. The number of allylic oxidation sites excluding steroid dienone is 1. The van der Waals surface area contributed by atoms with Crippen molar-refractivity contribution < 1.29 is 13.6 Å². The van der Waals surface area contributed by atoms with Crippen molar-refractivity contribution >= 4 is 28.9 Å². The van der Waals surface area contributed by atoms with Crippen LogP contribution in [-0.2, 0) is 10.3 Å². The van der Waals surface area contributed by atoms with Crippen LogP contribution in [0.3, 0.4) is 0 Å². The summed E-state index contributed by atoms with van der Waals surface area (Å²) in [7, 11) is 3.38. The molecule has 1 saturated carbocycles. The number of nitrogens with zero attached hydrogens (tertiary/aromatic N) is 2. The summed E-state index contributed by atoms with van der Waals surface area (Å²) in [6, 6.07) is 13.4. The summed E-state index contributed by atoms with van der Waals surface area (Å²) in [5.74, 6) is 3.86. The summed E-state index contributed by atoms with van der Waals surface area (Å²) < 4.78 is 28.7. The molecule has 2 aromatic rings. The van der Waals surface area contributed by atoms with Crippen molar-refractivity contribution in [3.8, 4) is 11.8 Å². The zero-order chi connectivity index (χ0) is 23.1. The number of amidine groups is 1. The van der Waals surface area contributed by atoms with E-state index in [1.807, 2.05) is 18.2 Å². The van der Waals surface area contributed by atoms with Gasteiger partial charge in [-0.05, 0) is 55.2 Å². The lowest BCUT2D eigenvalue weighted by molar-refractivity contribution is -0.129. The van der Waals surface area contributed by atoms with Crippen molar-refractivity contribution in [1.82, 2.24) is 4.90 Å². The van der Waals surface area contributed by atoms with Gasteiger partial charge in [-0.3, -0.25) is 9.79 Å². The van der Waals surface area contributed by atoms with E-state index in [2.05, 4.69) is 16.8 Å². The van der Waals surface area contributed by atoms with Gasteiger partial charge in [0.15, 0.2) is 11.0 Å². The summed E-state index contributed by atoms with van der Waals surface area (Å²) in [6.45, 7) is 1.78. The molecule has 0 spiro atoms. The first kappa shape index (κ1) is 22.1. The second-order valence-corrected chi connectivity index (χ2v) is 9.74. The lowest BCUT2D eigenvalue weighted by Gasteiger charge is -2.34. The minimum absolute atomic E-state index is 0.0599. The Kier molecular flexibility index (Phi) is 5.59. The van der Waals surface area contributed by atoms with Crippen LogP contribution >= 0.6 is 11.8 Å². The maximum atomic E-state index is 15.0. The molecule has 0 aromatic heterocycles. The lowest BCUT2D eigenvalue weighted by atomic mass is 9.84. The molecule has 0 saturated heterocycles. The van der Waals surface area contributed by atoms with Gasteiger partial charge in [0.2, 0.25) is 5.91 Å². The summed E-state index contributed by atoms with van der Waals surface area (Å²) >= 11 is 1.25. The van der Waals surface area contributed by atoms with Gasteiger partial charge < -0.3 is 10.6 Å². The zero-order valence-corrected chi connectivity index (χ0v) is 18.8. The molecule has 0 radical (unpaired) electrons. The maximum Gasteiger partial charge on any atom is 0.239 e. The number of rotatable bonds is 3. The zero-order valence-electron chi connectivity index (χ0n) is 18.0. The van der Waals surface area contributed by atoms with E-state index in [4.69, 9.17) is 5.73 Å². The molecule has 32 heavy (non-hydrogen) atoms. The molecule has 1 aliphatic carbocycles. The Morgan fingerprint density at radius 3 is 2.69 bits per heavy atom. The molecule has 4 rings (SSSR count). The van der Waals surface area contributed by atoms with E-state index in [1.54, 1.807) is 39.2 Å². The largest absolute Gasteiger partial charge is 0.378 e. The van der Waals surface area contributed by atoms with Gasteiger partial charge in [0.25, 0.3) is 0 Å². The highest BCUT2D eigenvalue weighted by molar-refractivity contribution is 8.15. The molecule has 1 heterocycles. The molecule has 2 aliphatic rings. The van der Waals surface area contributed by atoms with Crippen LogP contribution in [0.1, 0.15) is 30.0 Å². The van der Waals surface area contributed by atoms with Gasteiger partial charge in [0.1, 0.15) is 10.6 Å². The summed E-state index contributed by atoms with van der Waals surface area (Å²) in [5, 5.41) is 0.247. The Morgan fingerprint density at radius 1 is 1.28 bits per heavy atom. The van der Waals surface area contributed by atoms with E-state index in [9.17, 15) is 13.6 Å². The molecular formula is C25H23F2N3OS. The smallest absolute Gasteiger partial charge is 0.239 e. The van der Waals surface area contributed by atoms with E-state index in [-0.39, 0.29) is 22.6 Å². The van der Waals surface area contributed by atoms with Gasteiger partial charge in [-0.25, -0.2) is 4.39 Å². The normalized spacial score (nSPS) is 26.3. The molecular weight excluding hydrogens is 428 g/mol. The quantitative estimate of drug-likeness (QED) is 0.708. The fraction of sp³-hybridized carbons (Fsp3) is 0.280. The fourth-order valence-corrected chi connectivity index (χ4v) is 5.79. The Hall–Kier alpha value is -3.11. The Labute approximate surface area is 190 Å². The number of aliphatic imine (C=N–C) groups is 1. The van der Waals surface area contributed by atoms with Gasteiger partial charge in [0.05, 0.1) is 5.54 Å². The molecule has 3 atom stereocenters. The Balaban J connectivity index is 1.68. The molecule has 1 fully saturated rings. The number of halogens is 2. The average Bonchev–Trinajstić information content (AvgIpc) is 3.50. The predicted molar refractivity (Wildman–Crippen MR) is 125 cm³/mol. The summed E-state index contributed by atoms with van der Waals surface area (Å²) in [5.41, 5.74) is 6.50. The average molecular weight is 452 g/mol. The fourth-order valence-electron chi connectivity index (χ4n) is 4.29. The van der Waals surface area contributed by atoms with Crippen molar-refractivity contribution in [2.45, 2.75) is 23.6 Å². The van der Waals surface area contributed by atoms with Crippen LogP contribution in [0.25, 0.3) is 6.08 Å². The van der Waals surface area contributed by atoms with E-state index in [0.717, 1.165) is 0 Å². The highest BCUT2D eigenvalue weighted by Crippen LogP contribution is 2.66. The number of amides is 1. The van der Waals surface area contributed by atoms with Crippen LogP contribution in [0.4, 0.5) is 8.78 Å². The predicted octanol–water partition coefficient (Wildman–Crippen LogP) is 4.31. The summed E-state index contributed by atoms with van der Waals surface area (Å²) in [4.78, 5) is 18.9. The number of carbonyl (C=O) groups is 1. The monoisotopic (exact) mass is 451 g/mol. The number of nitrogens with two attached hydrogens (primary N) is 1. The van der Waals surface area contributed by atoms with Crippen molar-refractivity contribution in [3.05, 3.63) is 76.9 Å². The molecule has 0 unspecified atom stereocenters. The summed E-state index contributed by atoms with van der Waals surface area (Å²) in [6.07, 6.45) is 1.81. The Morgan fingerprint density at radius 2 is 2.00 bits per heavy atom. The molecule has 1 amide bonds. The van der Waals surface area contributed by atoms with E-state index in [0.29, 0.717) is 17.5 Å². The third kappa shape index (κ3) is 3.91. The van der Waals surface area contributed by atoms with Crippen LogP contribution < -0.4 is 5.73 Å². The molecule has 4 nitrogen and oxygen atoms in total. The van der Waals surface area contributed by atoms with Crippen LogP contribution in [-0.4, -0.2) is 34.8 Å². The topological polar surface area (TPSA) is 58.7 Å². The van der Waals surface area contributed by atoms with Gasteiger partial charge in [-0.2, -0.15) is 4.39 Å². The third-order valence-corrected chi connectivity index (χ3v) is 7.21. The standard InChI is InChI=1S/C25H23F2N3OS/c1-24(21-15-25(21,22(31)30(2)3)32-23(28)29-24)19-14-17(10-12-20(19)27)13-18(26)11-9-16-7-5-4-6-8-16/h4-8,10,12-14,21H,15H2,1-3H3,(H2,28,29)/t21-,24+,25-/m0/s1. The lowest BCUT2D eigenvalue weighted by Crippen LogP contribution is -2.43. The number of thioether (sulfide) groups is 1. The van der Waals surface area contributed by atoms with Crippen molar-refractivity contribution in [2.75, 3.05) is 14.1 Å². The SMILES string of the molecule is CN(C)C(=O)[C@]12C[C@H]1[C@@](C)(c1cc(C=C(F)C#Cc3ccccc3)ccc1F)N=C(N)S2. The molecule has 164 valence electrons. The van der Waals surface area contributed by atoms with Crippen molar-refractivity contribution in [2.24, 2.45) is 16.6 Å². The maximum absolute atomic E-state index is 15.0. The second-order valence-electron chi connectivity index (χ2n) is 8.39. The Bertz CT molecular complexity index is 1200. The molecule has 7 heteroatoms. The van der Waals surface area contributed by atoms with Crippen LogP contribution in [0.15, 0.2) is 59.4 Å². The minimum atomic E-state index is -1.03. The first-order valence-electron chi connectivity index (χ1n) is 10.2. The van der Waals surface area contributed by atoms with Crippen molar-refractivity contribution in [3.63, 3.8) is 0 Å². The minimum Gasteiger partial charge on any atom is -0.378 e. The number of fused-ring (bicyclic) bond motifs is 1. The number of benzene rings is 2. The highest BCUT2D eigenvalue weighted by atomic mass is 32.2.